The Hall–Kier alpha value is -3.67. The van der Waals surface area contributed by atoms with Crippen LogP contribution in [0.5, 0.6) is 5.75 Å². The zero-order valence-corrected chi connectivity index (χ0v) is 20.4. The second-order valence-electron chi connectivity index (χ2n) is 8.19. The lowest BCUT2D eigenvalue weighted by atomic mass is 10.0. The molecule has 1 amide bonds. The molecule has 5 nitrogen and oxygen atoms in total. The molecule has 1 heterocycles. The molecule has 0 unspecified atom stereocenters. The first kappa shape index (κ1) is 24.5. The molecular weight excluding hydrogens is 458 g/mol. The first-order valence-corrected chi connectivity index (χ1v) is 11.9. The normalized spacial score (nSPS) is 11.4. The molecule has 0 saturated heterocycles. The number of halogens is 1. The van der Waals surface area contributed by atoms with Gasteiger partial charge in [0, 0.05) is 37.0 Å². The number of aromatic nitrogens is 1. The first-order valence-electron chi connectivity index (χ1n) is 11.6. The van der Waals surface area contributed by atoms with Crippen LogP contribution in [0.15, 0.2) is 84.9 Å². The van der Waals surface area contributed by atoms with E-state index < -0.39 is 0 Å². The van der Waals surface area contributed by atoms with Crippen molar-refractivity contribution in [1.82, 2.24) is 15.6 Å². The Morgan fingerprint density at radius 3 is 2.49 bits per heavy atom. The highest BCUT2D eigenvalue weighted by Gasteiger charge is 2.05. The number of pyridine rings is 1. The minimum Gasteiger partial charge on any atom is -0.487 e. The first-order chi connectivity index (χ1) is 17.1. The molecule has 1 aromatic heterocycles. The van der Waals surface area contributed by atoms with E-state index in [0.29, 0.717) is 31.3 Å². The number of carbonyl (C=O) groups excluding carboxylic acids is 1. The van der Waals surface area contributed by atoms with Gasteiger partial charge in [-0.25, -0.2) is 4.98 Å². The van der Waals surface area contributed by atoms with E-state index >= 15 is 0 Å². The van der Waals surface area contributed by atoms with Crippen molar-refractivity contribution in [2.24, 2.45) is 0 Å². The van der Waals surface area contributed by atoms with Gasteiger partial charge < -0.3 is 15.4 Å². The second kappa shape index (κ2) is 12.2. The van der Waals surface area contributed by atoms with Gasteiger partial charge in [-0.3, -0.25) is 4.79 Å². The van der Waals surface area contributed by atoms with Crippen molar-refractivity contribution in [3.8, 4) is 5.75 Å². The molecule has 0 aliphatic heterocycles. The molecule has 0 radical (unpaired) electrons. The fourth-order valence-corrected chi connectivity index (χ4v) is 3.78. The van der Waals surface area contributed by atoms with Crippen molar-refractivity contribution >= 4 is 40.1 Å². The van der Waals surface area contributed by atoms with Crippen molar-refractivity contribution in [3.05, 3.63) is 107 Å². The smallest absolute Gasteiger partial charge is 0.216 e. The van der Waals surface area contributed by atoms with Gasteiger partial charge in [0.15, 0.2) is 0 Å². The number of rotatable bonds is 10. The molecule has 0 fully saturated rings. The van der Waals surface area contributed by atoms with Crippen LogP contribution in [-0.4, -0.2) is 30.5 Å². The van der Waals surface area contributed by atoms with E-state index in [0.717, 1.165) is 39.0 Å². The van der Waals surface area contributed by atoms with E-state index in [1.54, 1.807) is 0 Å². The number of carbonyl (C=O) groups is 1. The van der Waals surface area contributed by atoms with Crippen molar-refractivity contribution < 1.29 is 9.53 Å². The van der Waals surface area contributed by atoms with Crippen LogP contribution in [-0.2, 0) is 11.4 Å². The Morgan fingerprint density at radius 2 is 1.71 bits per heavy atom. The fraction of sp³-hybridized carbons (Fsp3) is 0.172. The highest BCUT2D eigenvalue weighted by atomic mass is 35.5. The summed E-state index contributed by atoms with van der Waals surface area (Å²) in [5, 5.41) is 8.03. The third-order valence-corrected chi connectivity index (χ3v) is 5.72. The van der Waals surface area contributed by atoms with E-state index in [1.165, 1.54) is 6.92 Å². The summed E-state index contributed by atoms with van der Waals surface area (Å²) in [6, 6.07) is 27.9. The van der Waals surface area contributed by atoms with Crippen molar-refractivity contribution in [3.63, 3.8) is 0 Å². The Kier molecular flexibility index (Phi) is 8.49. The zero-order valence-electron chi connectivity index (χ0n) is 19.6. The summed E-state index contributed by atoms with van der Waals surface area (Å²) in [6.45, 7) is 3.84. The number of amides is 1. The van der Waals surface area contributed by atoms with Crippen LogP contribution in [0.2, 0.25) is 5.02 Å². The highest BCUT2D eigenvalue weighted by Crippen LogP contribution is 2.23. The molecule has 0 bridgehead atoms. The Balaban J connectivity index is 1.43. The Labute approximate surface area is 210 Å². The number of hydrogen-bond acceptors (Lipinski definition) is 4. The fourth-order valence-electron chi connectivity index (χ4n) is 3.66. The Morgan fingerprint density at radius 1 is 0.943 bits per heavy atom. The van der Waals surface area contributed by atoms with Crippen molar-refractivity contribution in [2.75, 3.05) is 19.6 Å². The lowest BCUT2D eigenvalue weighted by molar-refractivity contribution is -0.118. The number of nitrogens with zero attached hydrogens (tertiary/aromatic N) is 1. The SMILES string of the molecule is CC(=O)NCCNCC(=Cc1ccc(Cl)cc1)c1ccc(OCc2ccc3ccccc3n2)cc1. The third-order valence-electron chi connectivity index (χ3n) is 5.47. The Bertz CT molecular complexity index is 1300. The molecule has 0 aliphatic carbocycles. The molecule has 0 spiro atoms. The zero-order chi connectivity index (χ0) is 24.5. The van der Waals surface area contributed by atoms with Gasteiger partial charge in [0.05, 0.1) is 11.2 Å². The topological polar surface area (TPSA) is 63.2 Å². The summed E-state index contributed by atoms with van der Waals surface area (Å²) in [5.41, 5.74) is 5.13. The van der Waals surface area contributed by atoms with Gasteiger partial charge in [0.25, 0.3) is 0 Å². The molecule has 3 aromatic carbocycles. The standard InChI is InChI=1S/C29H28ClN3O2/c1-21(34)32-17-16-31-19-25(18-22-6-11-26(30)12-7-22)23-9-14-28(15-10-23)35-20-27-13-8-24-4-2-3-5-29(24)33-27/h2-15,18,31H,16-17,19-20H2,1H3,(H,32,34). The summed E-state index contributed by atoms with van der Waals surface area (Å²) in [5.74, 6) is 0.756. The van der Waals surface area contributed by atoms with E-state index in [-0.39, 0.29) is 5.91 Å². The monoisotopic (exact) mass is 485 g/mol. The summed E-state index contributed by atoms with van der Waals surface area (Å²) >= 11 is 6.04. The molecule has 178 valence electrons. The van der Waals surface area contributed by atoms with E-state index in [4.69, 9.17) is 16.3 Å². The van der Waals surface area contributed by atoms with Crippen LogP contribution in [0.3, 0.4) is 0 Å². The minimum atomic E-state index is -0.0294. The maximum absolute atomic E-state index is 11.1. The van der Waals surface area contributed by atoms with Crippen LogP contribution >= 0.6 is 11.6 Å². The predicted octanol–water partition coefficient (Wildman–Crippen LogP) is 5.73. The molecule has 0 aliphatic rings. The largest absolute Gasteiger partial charge is 0.487 e. The van der Waals surface area contributed by atoms with Gasteiger partial charge in [-0.2, -0.15) is 0 Å². The quantitative estimate of drug-likeness (QED) is 0.222. The maximum atomic E-state index is 11.1. The van der Waals surface area contributed by atoms with E-state index in [1.807, 2.05) is 60.7 Å². The predicted molar refractivity (Wildman–Crippen MR) is 143 cm³/mol. The van der Waals surface area contributed by atoms with Gasteiger partial charge >= 0.3 is 0 Å². The summed E-state index contributed by atoms with van der Waals surface area (Å²) in [4.78, 5) is 15.8. The lowest BCUT2D eigenvalue weighted by Gasteiger charge is -2.12. The molecule has 4 rings (SSSR count). The van der Waals surface area contributed by atoms with Crippen molar-refractivity contribution in [2.45, 2.75) is 13.5 Å². The van der Waals surface area contributed by atoms with E-state index in [9.17, 15) is 4.79 Å². The van der Waals surface area contributed by atoms with E-state index in [2.05, 4.69) is 46.0 Å². The molecule has 4 aromatic rings. The van der Waals surface area contributed by atoms with Gasteiger partial charge in [-0.05, 0) is 59.2 Å². The highest BCUT2D eigenvalue weighted by molar-refractivity contribution is 6.30. The lowest BCUT2D eigenvalue weighted by Crippen LogP contribution is -2.30. The van der Waals surface area contributed by atoms with Gasteiger partial charge in [-0.15, -0.1) is 0 Å². The van der Waals surface area contributed by atoms with Crippen molar-refractivity contribution in [1.29, 1.82) is 0 Å². The number of para-hydroxylation sites is 1. The molecule has 6 heteroatoms. The number of hydrogen-bond donors (Lipinski definition) is 2. The van der Waals surface area contributed by atoms with Gasteiger partial charge in [-0.1, -0.05) is 60.1 Å². The summed E-state index contributed by atoms with van der Waals surface area (Å²) < 4.78 is 5.99. The summed E-state index contributed by atoms with van der Waals surface area (Å²) in [7, 11) is 0. The average molecular weight is 486 g/mol. The summed E-state index contributed by atoms with van der Waals surface area (Å²) in [6.07, 6.45) is 2.14. The number of nitrogens with one attached hydrogen (secondary N) is 2. The van der Waals surface area contributed by atoms with Crippen LogP contribution < -0.4 is 15.4 Å². The van der Waals surface area contributed by atoms with Gasteiger partial charge in [0.2, 0.25) is 5.91 Å². The molecular formula is C29H28ClN3O2. The maximum Gasteiger partial charge on any atom is 0.216 e. The number of fused-ring (bicyclic) bond motifs is 1. The van der Waals surface area contributed by atoms with Crippen LogP contribution in [0, 0.1) is 0 Å². The number of ether oxygens (including phenoxy) is 1. The molecule has 35 heavy (non-hydrogen) atoms. The molecule has 0 saturated carbocycles. The third kappa shape index (κ3) is 7.41. The van der Waals surface area contributed by atoms with Crippen LogP contribution in [0.4, 0.5) is 0 Å². The molecule has 0 atom stereocenters. The minimum absolute atomic E-state index is 0.0294. The van der Waals surface area contributed by atoms with Crippen LogP contribution in [0.1, 0.15) is 23.7 Å². The molecule has 2 N–H and O–H groups in total. The average Bonchev–Trinajstić information content (AvgIpc) is 2.88. The second-order valence-corrected chi connectivity index (χ2v) is 8.63. The number of benzene rings is 3. The van der Waals surface area contributed by atoms with Gasteiger partial charge in [0.1, 0.15) is 12.4 Å². The van der Waals surface area contributed by atoms with Crippen LogP contribution in [0.25, 0.3) is 22.6 Å².